The Morgan fingerprint density at radius 2 is 1.65 bits per heavy atom. The molecule has 0 radical (unpaired) electrons. The van der Waals surface area contributed by atoms with Gasteiger partial charge in [0.1, 0.15) is 5.82 Å². The van der Waals surface area contributed by atoms with Crippen molar-refractivity contribution in [2.24, 2.45) is 0 Å². The van der Waals surface area contributed by atoms with Gasteiger partial charge >= 0.3 is 0 Å². The number of aromatic nitrogens is 3. The molecule has 0 saturated carbocycles. The molecule has 0 spiro atoms. The Labute approximate surface area is 149 Å². The van der Waals surface area contributed by atoms with E-state index >= 15 is 0 Å². The van der Waals surface area contributed by atoms with Gasteiger partial charge in [0.25, 0.3) is 0 Å². The van der Waals surface area contributed by atoms with Crippen molar-refractivity contribution in [3.63, 3.8) is 0 Å². The lowest BCUT2D eigenvalue weighted by Gasteiger charge is -2.10. The first-order chi connectivity index (χ1) is 10.8. The number of nitrogens with zero attached hydrogens (tertiary/aromatic N) is 3. The third kappa shape index (κ3) is 4.70. The fraction of sp³-hybridized carbons (Fsp3) is 0.267. The van der Waals surface area contributed by atoms with Crippen molar-refractivity contribution < 1.29 is 9.47 Å². The van der Waals surface area contributed by atoms with Crippen LogP contribution in [-0.2, 0) is 3.79 Å². The molecule has 0 saturated heterocycles. The number of hydrogen-bond acceptors (Lipinski definition) is 5. The summed E-state index contributed by atoms with van der Waals surface area (Å²) in [5.41, 5.74) is 0.885. The van der Waals surface area contributed by atoms with Gasteiger partial charge < -0.3 is 9.47 Å². The Kier molecular flexibility index (Phi) is 5.68. The summed E-state index contributed by atoms with van der Waals surface area (Å²) < 4.78 is 8.76. The van der Waals surface area contributed by atoms with E-state index in [1.165, 1.54) is 0 Å². The number of hydrogen-bond donors (Lipinski definition) is 0. The summed E-state index contributed by atoms with van der Waals surface area (Å²) in [5.74, 6) is 2.23. The summed E-state index contributed by atoms with van der Waals surface area (Å²) in [7, 11) is 3.16. The van der Waals surface area contributed by atoms with E-state index in [2.05, 4.69) is 15.0 Å². The minimum atomic E-state index is -1.69. The maximum Gasteiger partial charge on any atom is 0.250 e. The molecule has 23 heavy (non-hydrogen) atoms. The lowest BCUT2D eigenvalue weighted by atomic mass is 10.2. The summed E-state index contributed by atoms with van der Waals surface area (Å²) in [6.45, 7) is 1.70. The van der Waals surface area contributed by atoms with Crippen LogP contribution in [0.5, 0.6) is 11.5 Å². The minimum Gasteiger partial charge on any atom is -0.493 e. The zero-order valence-corrected chi connectivity index (χ0v) is 14.9. The van der Waals surface area contributed by atoms with E-state index in [-0.39, 0.29) is 5.82 Å². The fourth-order valence-electron chi connectivity index (χ4n) is 1.83. The maximum atomic E-state index is 5.82. The van der Waals surface area contributed by atoms with E-state index in [1.807, 2.05) is 24.3 Å². The highest BCUT2D eigenvalue weighted by Crippen LogP contribution is 2.35. The molecule has 1 heterocycles. The van der Waals surface area contributed by atoms with Crippen LogP contribution in [0, 0.1) is 6.92 Å². The molecule has 0 bridgehead atoms. The first-order valence-corrected chi connectivity index (χ1v) is 7.67. The third-order valence-corrected chi connectivity index (χ3v) is 3.36. The van der Waals surface area contributed by atoms with E-state index in [4.69, 9.17) is 44.3 Å². The molecule has 2 aromatic rings. The molecule has 0 aliphatic rings. The second-order valence-corrected chi connectivity index (χ2v) is 6.79. The lowest BCUT2D eigenvalue weighted by Crippen LogP contribution is -2.11. The van der Waals surface area contributed by atoms with Crippen LogP contribution >= 0.6 is 34.8 Å². The van der Waals surface area contributed by atoms with E-state index in [9.17, 15) is 0 Å². The quantitative estimate of drug-likeness (QED) is 0.751. The molecular formula is C15H14Cl3N3O2. The highest BCUT2D eigenvalue weighted by molar-refractivity contribution is 6.66. The smallest absolute Gasteiger partial charge is 0.250 e. The number of methoxy groups -OCH3 is 2. The van der Waals surface area contributed by atoms with Crippen molar-refractivity contribution >= 4 is 47.0 Å². The molecule has 2 rings (SSSR count). The predicted molar refractivity (Wildman–Crippen MR) is 92.3 cm³/mol. The number of rotatable bonds is 4. The second kappa shape index (κ2) is 7.34. The maximum absolute atomic E-state index is 5.82. The molecule has 1 aromatic carbocycles. The molecule has 0 aliphatic carbocycles. The van der Waals surface area contributed by atoms with Crippen molar-refractivity contribution in [2.45, 2.75) is 10.7 Å². The summed E-state index contributed by atoms with van der Waals surface area (Å²) in [6, 6.07) is 5.52. The Balaban J connectivity index is 2.32. The van der Waals surface area contributed by atoms with Crippen molar-refractivity contribution in [1.29, 1.82) is 0 Å². The van der Waals surface area contributed by atoms with Gasteiger partial charge in [-0.2, -0.15) is 0 Å². The zero-order chi connectivity index (χ0) is 17.0. The van der Waals surface area contributed by atoms with Crippen molar-refractivity contribution in [1.82, 2.24) is 15.0 Å². The summed E-state index contributed by atoms with van der Waals surface area (Å²) in [4.78, 5) is 12.4. The van der Waals surface area contributed by atoms with Crippen LogP contribution < -0.4 is 9.47 Å². The highest BCUT2D eigenvalue weighted by Gasteiger charge is 2.27. The molecule has 0 unspecified atom stereocenters. The van der Waals surface area contributed by atoms with Crippen LogP contribution in [-0.4, -0.2) is 29.2 Å². The van der Waals surface area contributed by atoms with Crippen molar-refractivity contribution in [3.8, 4) is 11.5 Å². The van der Waals surface area contributed by atoms with E-state index in [0.717, 1.165) is 5.56 Å². The molecule has 122 valence electrons. The van der Waals surface area contributed by atoms with Gasteiger partial charge in [-0.3, -0.25) is 0 Å². The standard InChI is InChI=1S/C15H14Cl3N3O2/c1-9-19-13(21-14(20-9)15(16,17)18)7-5-10-4-6-11(22-2)12(8-10)23-3/h4-8H,1-3H3/b7-5+. The average Bonchev–Trinajstić information content (AvgIpc) is 2.51. The van der Waals surface area contributed by atoms with Gasteiger partial charge in [-0.05, 0) is 30.7 Å². The van der Waals surface area contributed by atoms with Crippen LogP contribution in [0.15, 0.2) is 18.2 Å². The molecule has 5 nitrogen and oxygen atoms in total. The fourth-order valence-corrected chi connectivity index (χ4v) is 2.08. The summed E-state index contributed by atoms with van der Waals surface area (Å²) >= 11 is 17.4. The molecule has 0 atom stereocenters. The number of benzene rings is 1. The van der Waals surface area contributed by atoms with E-state index in [1.54, 1.807) is 27.2 Å². The predicted octanol–water partition coefficient (Wildman–Crippen LogP) is 4.19. The zero-order valence-electron chi connectivity index (χ0n) is 12.7. The number of ether oxygens (including phenoxy) is 2. The van der Waals surface area contributed by atoms with E-state index < -0.39 is 3.79 Å². The Morgan fingerprint density at radius 1 is 0.957 bits per heavy atom. The molecule has 0 aliphatic heterocycles. The molecule has 1 aromatic heterocycles. The van der Waals surface area contributed by atoms with Crippen LogP contribution in [0.2, 0.25) is 0 Å². The summed E-state index contributed by atoms with van der Waals surface area (Å²) in [5, 5.41) is 0. The van der Waals surface area contributed by atoms with Gasteiger partial charge in [0.15, 0.2) is 23.1 Å². The number of alkyl halides is 3. The van der Waals surface area contributed by atoms with Crippen molar-refractivity contribution in [3.05, 3.63) is 41.2 Å². The highest BCUT2D eigenvalue weighted by atomic mass is 35.6. The first-order valence-electron chi connectivity index (χ1n) is 6.53. The van der Waals surface area contributed by atoms with Gasteiger partial charge in [-0.15, -0.1) is 0 Å². The molecule has 0 amide bonds. The van der Waals surface area contributed by atoms with Gasteiger partial charge in [-0.25, -0.2) is 15.0 Å². The van der Waals surface area contributed by atoms with Gasteiger partial charge in [-0.1, -0.05) is 46.9 Å². The largest absolute Gasteiger partial charge is 0.493 e. The average molecular weight is 375 g/mol. The van der Waals surface area contributed by atoms with Crippen LogP contribution in [0.1, 0.15) is 23.0 Å². The summed E-state index contributed by atoms with van der Waals surface area (Å²) in [6.07, 6.45) is 3.52. The van der Waals surface area contributed by atoms with E-state index in [0.29, 0.717) is 23.1 Å². The minimum absolute atomic E-state index is 0.0851. The molecule has 0 N–H and O–H groups in total. The SMILES string of the molecule is COc1ccc(/C=C/c2nc(C)nc(C(Cl)(Cl)Cl)n2)cc1OC. The van der Waals surface area contributed by atoms with Crippen LogP contribution in [0.25, 0.3) is 12.2 Å². The van der Waals surface area contributed by atoms with Gasteiger partial charge in [0.05, 0.1) is 14.2 Å². The molecule has 8 heteroatoms. The normalized spacial score (nSPS) is 11.7. The number of aryl methyl sites for hydroxylation is 1. The molecule has 0 fully saturated rings. The topological polar surface area (TPSA) is 57.1 Å². The van der Waals surface area contributed by atoms with Crippen molar-refractivity contribution in [2.75, 3.05) is 14.2 Å². The van der Waals surface area contributed by atoms with Crippen LogP contribution in [0.4, 0.5) is 0 Å². The monoisotopic (exact) mass is 373 g/mol. The second-order valence-electron chi connectivity index (χ2n) is 4.51. The number of halogens is 3. The Morgan fingerprint density at radius 3 is 2.26 bits per heavy atom. The Bertz CT molecular complexity index is 730. The Hall–Kier alpha value is -1.56. The molecular weight excluding hydrogens is 361 g/mol. The third-order valence-electron chi connectivity index (χ3n) is 2.85. The van der Waals surface area contributed by atoms with Gasteiger partial charge in [0, 0.05) is 0 Å². The van der Waals surface area contributed by atoms with Gasteiger partial charge in [0.2, 0.25) is 3.79 Å². The lowest BCUT2D eigenvalue weighted by molar-refractivity contribution is 0.355. The first kappa shape index (κ1) is 17.8. The van der Waals surface area contributed by atoms with Crippen LogP contribution in [0.3, 0.4) is 0 Å².